The van der Waals surface area contributed by atoms with Gasteiger partial charge in [0.1, 0.15) is 22.9 Å². The van der Waals surface area contributed by atoms with Crippen LogP contribution in [0, 0.1) is 5.82 Å². The van der Waals surface area contributed by atoms with Crippen molar-refractivity contribution in [2.24, 2.45) is 0 Å². The quantitative estimate of drug-likeness (QED) is 0.719. The molecule has 2 aliphatic rings. The van der Waals surface area contributed by atoms with Gasteiger partial charge in [-0.15, -0.1) is 0 Å². The Balaban J connectivity index is 1.51. The molecule has 1 aliphatic carbocycles. The number of halogens is 1. The average Bonchev–Trinajstić information content (AvgIpc) is 3.25. The van der Waals surface area contributed by atoms with Crippen molar-refractivity contribution in [2.75, 3.05) is 18.6 Å². The largest absolute Gasteiger partial charge is 0.496 e. The van der Waals surface area contributed by atoms with E-state index in [0.717, 1.165) is 43.6 Å². The summed E-state index contributed by atoms with van der Waals surface area (Å²) in [5, 5.41) is 7.25. The van der Waals surface area contributed by atoms with E-state index < -0.39 is 0 Å². The molecule has 1 saturated heterocycles. The number of ether oxygens (including phenoxy) is 1. The lowest BCUT2D eigenvalue weighted by Crippen LogP contribution is -2.26. The number of aromatic nitrogens is 3. The van der Waals surface area contributed by atoms with Gasteiger partial charge in [-0.25, -0.2) is 13.9 Å². The van der Waals surface area contributed by atoms with Gasteiger partial charge < -0.3 is 15.0 Å². The third kappa shape index (κ3) is 3.28. The third-order valence-corrected chi connectivity index (χ3v) is 5.61. The van der Waals surface area contributed by atoms with Crippen molar-refractivity contribution >= 4 is 17.4 Å². The zero-order valence-corrected chi connectivity index (χ0v) is 16.1. The molecule has 0 bridgehead atoms. The van der Waals surface area contributed by atoms with Crippen LogP contribution in [0.2, 0.25) is 0 Å². The molecule has 1 N–H and O–H groups in total. The Labute approximate surface area is 167 Å². The van der Waals surface area contributed by atoms with Gasteiger partial charge in [-0.1, -0.05) is 0 Å². The molecule has 2 aromatic heterocycles. The first-order valence-corrected chi connectivity index (χ1v) is 9.89. The second kappa shape index (κ2) is 7.02. The minimum Gasteiger partial charge on any atom is -0.496 e. The van der Waals surface area contributed by atoms with Crippen LogP contribution in [0.5, 0.6) is 5.75 Å². The molecule has 3 heterocycles. The SMILES string of the molecule is COc1ccc(F)cc1[C@H]1CCCN1c1ccn2ncc(C(=O)NC3CC3)c2n1. The molecule has 7 nitrogen and oxygen atoms in total. The second-order valence-corrected chi connectivity index (χ2v) is 7.60. The Bertz CT molecular complexity index is 1080. The topological polar surface area (TPSA) is 71.8 Å². The maximum absolute atomic E-state index is 13.9. The predicted octanol–water partition coefficient (Wildman–Crippen LogP) is 3.11. The number of anilines is 1. The monoisotopic (exact) mass is 395 g/mol. The maximum atomic E-state index is 13.9. The Hall–Kier alpha value is -3.16. The van der Waals surface area contributed by atoms with Gasteiger partial charge in [0.05, 0.1) is 19.3 Å². The molecule has 8 heteroatoms. The minimum atomic E-state index is -0.286. The lowest BCUT2D eigenvalue weighted by molar-refractivity contribution is 0.0952. The summed E-state index contributed by atoms with van der Waals surface area (Å²) in [7, 11) is 1.59. The van der Waals surface area contributed by atoms with Gasteiger partial charge in [0.25, 0.3) is 5.91 Å². The van der Waals surface area contributed by atoms with Crippen molar-refractivity contribution in [1.29, 1.82) is 0 Å². The summed E-state index contributed by atoms with van der Waals surface area (Å²) < 4.78 is 21.0. The predicted molar refractivity (Wildman–Crippen MR) is 106 cm³/mol. The highest BCUT2D eigenvalue weighted by Crippen LogP contribution is 2.39. The highest BCUT2D eigenvalue weighted by Gasteiger charge is 2.31. The number of methoxy groups -OCH3 is 1. The van der Waals surface area contributed by atoms with E-state index in [9.17, 15) is 9.18 Å². The molecular formula is C21H22FN5O2. The first kappa shape index (κ1) is 17.9. The molecule has 1 atom stereocenters. The summed E-state index contributed by atoms with van der Waals surface area (Å²) in [5.41, 5.74) is 1.81. The van der Waals surface area contributed by atoms with E-state index in [2.05, 4.69) is 15.3 Å². The van der Waals surface area contributed by atoms with Crippen LogP contribution in [0.1, 0.15) is 47.6 Å². The number of nitrogens with one attached hydrogen (secondary N) is 1. The summed E-state index contributed by atoms with van der Waals surface area (Å²) in [4.78, 5) is 19.4. The fourth-order valence-electron chi connectivity index (χ4n) is 4.00. The van der Waals surface area contributed by atoms with Crippen LogP contribution >= 0.6 is 0 Å². The van der Waals surface area contributed by atoms with E-state index in [0.29, 0.717) is 17.0 Å². The van der Waals surface area contributed by atoms with E-state index in [1.165, 1.54) is 12.1 Å². The van der Waals surface area contributed by atoms with Crippen molar-refractivity contribution in [3.8, 4) is 5.75 Å². The van der Waals surface area contributed by atoms with Crippen molar-refractivity contribution < 1.29 is 13.9 Å². The Morgan fingerprint density at radius 1 is 1.28 bits per heavy atom. The van der Waals surface area contributed by atoms with Crippen LogP contribution in [0.15, 0.2) is 36.7 Å². The highest BCUT2D eigenvalue weighted by molar-refractivity contribution is 6.00. The molecule has 1 aromatic carbocycles. The van der Waals surface area contributed by atoms with Crippen molar-refractivity contribution in [3.05, 3.63) is 53.6 Å². The van der Waals surface area contributed by atoms with E-state index in [1.807, 2.05) is 12.3 Å². The van der Waals surface area contributed by atoms with Gasteiger partial charge in [0, 0.05) is 24.3 Å². The van der Waals surface area contributed by atoms with Gasteiger partial charge in [0.15, 0.2) is 5.65 Å². The first-order chi connectivity index (χ1) is 14.1. The van der Waals surface area contributed by atoms with Crippen LogP contribution in [0.4, 0.5) is 10.2 Å². The molecule has 0 spiro atoms. The number of nitrogens with zero attached hydrogens (tertiary/aromatic N) is 4. The van der Waals surface area contributed by atoms with Gasteiger partial charge in [-0.05, 0) is 49.9 Å². The molecule has 0 radical (unpaired) electrons. The van der Waals surface area contributed by atoms with Crippen LogP contribution in [-0.4, -0.2) is 40.2 Å². The molecule has 5 rings (SSSR count). The fourth-order valence-corrected chi connectivity index (χ4v) is 4.00. The average molecular weight is 395 g/mol. The van der Waals surface area contributed by atoms with Crippen LogP contribution in [0.3, 0.4) is 0 Å². The molecule has 1 saturated carbocycles. The number of hydrogen-bond acceptors (Lipinski definition) is 5. The highest BCUT2D eigenvalue weighted by atomic mass is 19.1. The smallest absolute Gasteiger partial charge is 0.256 e. The van der Waals surface area contributed by atoms with Gasteiger partial charge >= 0.3 is 0 Å². The van der Waals surface area contributed by atoms with Crippen molar-refractivity contribution in [3.63, 3.8) is 0 Å². The van der Waals surface area contributed by atoms with Crippen molar-refractivity contribution in [1.82, 2.24) is 19.9 Å². The molecular weight excluding hydrogens is 373 g/mol. The van der Waals surface area contributed by atoms with E-state index in [1.54, 1.807) is 23.9 Å². The van der Waals surface area contributed by atoms with Gasteiger partial charge in [-0.2, -0.15) is 5.10 Å². The van der Waals surface area contributed by atoms with Crippen LogP contribution in [0.25, 0.3) is 5.65 Å². The minimum absolute atomic E-state index is 0.0396. The van der Waals surface area contributed by atoms with E-state index in [-0.39, 0.29) is 23.8 Å². The maximum Gasteiger partial charge on any atom is 0.256 e. The summed E-state index contributed by atoms with van der Waals surface area (Å²) >= 11 is 0. The summed E-state index contributed by atoms with van der Waals surface area (Å²) in [5.74, 6) is 0.980. The van der Waals surface area contributed by atoms with E-state index >= 15 is 0 Å². The third-order valence-electron chi connectivity index (χ3n) is 5.61. The Morgan fingerprint density at radius 3 is 2.93 bits per heavy atom. The van der Waals surface area contributed by atoms with Gasteiger partial charge in [0.2, 0.25) is 0 Å². The molecule has 150 valence electrons. The first-order valence-electron chi connectivity index (χ1n) is 9.89. The molecule has 1 amide bonds. The number of rotatable bonds is 5. The number of benzene rings is 1. The van der Waals surface area contributed by atoms with Crippen LogP contribution < -0.4 is 15.0 Å². The normalized spacial score (nSPS) is 19.0. The number of carbonyl (C=O) groups excluding carboxylic acids is 1. The fraction of sp³-hybridized carbons (Fsp3) is 0.381. The standard InChI is InChI=1S/C21H22FN5O2/c1-29-18-7-4-13(22)11-15(18)17-3-2-9-26(17)19-8-10-27-20(25-19)16(12-23-27)21(28)24-14-5-6-14/h4,7-8,10-12,14,17H,2-3,5-6,9H2,1H3,(H,24,28)/t17-/m1/s1. The van der Waals surface area contributed by atoms with Gasteiger partial charge in [-0.3, -0.25) is 4.79 Å². The van der Waals surface area contributed by atoms with Crippen LogP contribution in [-0.2, 0) is 0 Å². The lowest BCUT2D eigenvalue weighted by Gasteiger charge is -2.27. The summed E-state index contributed by atoms with van der Waals surface area (Å²) in [6.45, 7) is 0.797. The number of fused-ring (bicyclic) bond motifs is 1. The molecule has 1 aliphatic heterocycles. The number of carbonyl (C=O) groups is 1. The number of amides is 1. The Morgan fingerprint density at radius 2 is 2.14 bits per heavy atom. The summed E-state index contributed by atoms with van der Waals surface area (Å²) in [6.07, 6.45) is 7.25. The zero-order valence-electron chi connectivity index (χ0n) is 16.1. The summed E-state index contributed by atoms with van der Waals surface area (Å²) in [6, 6.07) is 6.71. The molecule has 29 heavy (non-hydrogen) atoms. The molecule has 3 aromatic rings. The molecule has 2 fully saturated rings. The second-order valence-electron chi connectivity index (χ2n) is 7.60. The Kier molecular flexibility index (Phi) is 4.34. The number of hydrogen-bond donors (Lipinski definition) is 1. The zero-order chi connectivity index (χ0) is 20.0. The lowest BCUT2D eigenvalue weighted by atomic mass is 10.0. The van der Waals surface area contributed by atoms with E-state index in [4.69, 9.17) is 9.72 Å². The molecule has 0 unspecified atom stereocenters. The van der Waals surface area contributed by atoms with Crippen molar-refractivity contribution in [2.45, 2.75) is 37.8 Å².